The summed E-state index contributed by atoms with van der Waals surface area (Å²) >= 11 is 0. The molecule has 0 amide bonds. The Labute approximate surface area is 233 Å². The third-order valence-corrected chi connectivity index (χ3v) is 7.81. The number of para-hydroxylation sites is 1. The van der Waals surface area contributed by atoms with E-state index < -0.39 is 11.9 Å². The maximum Gasteiger partial charge on any atom is 0.333 e. The molecule has 3 saturated heterocycles. The molecule has 1 aromatic heterocycles. The largest absolute Gasteiger partial charge is 1.00 e. The summed E-state index contributed by atoms with van der Waals surface area (Å²) in [6.45, 7) is 3.19. The molecule has 39 heavy (non-hydrogen) atoms. The number of benzene rings is 3. The third kappa shape index (κ3) is 5.82. The third-order valence-electron chi connectivity index (χ3n) is 7.81. The number of nitrogens with one attached hydrogen (secondary N) is 1. The average Bonchev–Trinajstić information content (AvgIpc) is 3.41. The summed E-state index contributed by atoms with van der Waals surface area (Å²) < 4.78 is 26.6. The van der Waals surface area contributed by atoms with E-state index in [-0.39, 0.29) is 30.4 Å². The minimum atomic E-state index is -0.608. The smallest absolute Gasteiger partial charge is 0.333 e. The number of esters is 1. The van der Waals surface area contributed by atoms with Crippen molar-refractivity contribution in [2.75, 3.05) is 25.0 Å². The fraction of sp³-hybridized carbons (Fsp3) is 0.300. The first-order valence-electron chi connectivity index (χ1n) is 13.1. The van der Waals surface area contributed by atoms with Crippen LogP contribution >= 0.6 is 0 Å². The Morgan fingerprint density at radius 1 is 1.00 bits per heavy atom. The van der Waals surface area contributed by atoms with Gasteiger partial charge in [-0.05, 0) is 29.8 Å². The van der Waals surface area contributed by atoms with Crippen LogP contribution in [0.1, 0.15) is 30.3 Å². The van der Waals surface area contributed by atoms with Gasteiger partial charge in [-0.15, -0.1) is 0 Å². The zero-order valence-corrected chi connectivity index (χ0v) is 22.1. The lowest BCUT2D eigenvalue weighted by Crippen LogP contribution is -3.00. The highest BCUT2D eigenvalue weighted by atomic mass is 35.5. The Bertz CT molecular complexity index is 1390. The molecule has 0 saturated carbocycles. The van der Waals surface area contributed by atoms with Crippen molar-refractivity contribution in [3.8, 4) is 11.5 Å². The Morgan fingerprint density at radius 2 is 1.67 bits per heavy atom. The normalized spacial score (nSPS) is 22.5. The van der Waals surface area contributed by atoms with E-state index in [4.69, 9.17) is 9.26 Å². The first kappa shape index (κ1) is 26.8. The predicted molar refractivity (Wildman–Crippen MR) is 140 cm³/mol. The number of carbonyl (C=O) groups excluding carboxylic acids is 1. The van der Waals surface area contributed by atoms with Crippen molar-refractivity contribution >= 4 is 11.7 Å². The molecule has 9 heteroatoms. The molecule has 7 nitrogen and oxygen atoms in total. The SMILES string of the molecule is O=C(O[C@H]1C[N+]2(Cc3noc(-c4ccccc4F)n3)CCC1CC2)[C@H](Nc1ccccc1)c1ccccc1.[Cl-]. The molecule has 0 radical (unpaired) electrons. The summed E-state index contributed by atoms with van der Waals surface area (Å²) in [6.07, 6.45) is 1.75. The Hall–Kier alpha value is -3.75. The Kier molecular flexibility index (Phi) is 7.95. The van der Waals surface area contributed by atoms with Gasteiger partial charge < -0.3 is 31.5 Å². The quantitative estimate of drug-likeness (QED) is 0.269. The van der Waals surface area contributed by atoms with Gasteiger partial charge in [0, 0.05) is 24.4 Å². The topological polar surface area (TPSA) is 77.2 Å². The first-order chi connectivity index (χ1) is 18.6. The molecule has 4 aromatic rings. The molecular weight excluding hydrogens is 519 g/mol. The first-order valence-corrected chi connectivity index (χ1v) is 13.1. The highest BCUT2D eigenvalue weighted by molar-refractivity contribution is 5.81. The summed E-state index contributed by atoms with van der Waals surface area (Å²) in [5, 5.41) is 7.51. The number of quaternary nitrogens is 1. The van der Waals surface area contributed by atoms with Gasteiger partial charge in [0.05, 0.1) is 18.7 Å². The molecule has 3 fully saturated rings. The molecule has 0 aliphatic carbocycles. The minimum Gasteiger partial charge on any atom is -1.00 e. The van der Waals surface area contributed by atoms with Crippen molar-refractivity contribution < 1.29 is 35.3 Å². The number of halogens is 2. The lowest BCUT2D eigenvalue weighted by Gasteiger charge is -2.51. The second-order valence-electron chi connectivity index (χ2n) is 10.3. The van der Waals surface area contributed by atoms with Crippen LogP contribution in [0.4, 0.5) is 10.1 Å². The molecule has 3 aliphatic rings. The zero-order chi connectivity index (χ0) is 26.0. The van der Waals surface area contributed by atoms with Gasteiger partial charge in [-0.3, -0.25) is 0 Å². The van der Waals surface area contributed by atoms with Crippen LogP contribution in [0, 0.1) is 11.7 Å². The van der Waals surface area contributed by atoms with E-state index in [1.54, 1.807) is 18.2 Å². The van der Waals surface area contributed by atoms with Crippen molar-refractivity contribution in [3.05, 3.63) is 102 Å². The molecule has 2 bridgehead atoms. The van der Waals surface area contributed by atoms with Crippen LogP contribution in [0.2, 0.25) is 0 Å². The van der Waals surface area contributed by atoms with Crippen LogP contribution in [-0.4, -0.2) is 46.3 Å². The van der Waals surface area contributed by atoms with E-state index in [0.717, 1.165) is 41.7 Å². The van der Waals surface area contributed by atoms with E-state index in [2.05, 4.69) is 15.5 Å². The summed E-state index contributed by atoms with van der Waals surface area (Å²) in [6, 6.07) is 25.2. The van der Waals surface area contributed by atoms with Gasteiger partial charge in [-0.1, -0.05) is 65.8 Å². The molecule has 1 N–H and O–H groups in total. The van der Waals surface area contributed by atoms with Crippen molar-refractivity contribution in [2.24, 2.45) is 5.92 Å². The Morgan fingerprint density at radius 3 is 2.38 bits per heavy atom. The van der Waals surface area contributed by atoms with Crippen molar-refractivity contribution in [1.29, 1.82) is 0 Å². The fourth-order valence-corrected chi connectivity index (χ4v) is 5.78. The van der Waals surface area contributed by atoms with E-state index in [9.17, 15) is 9.18 Å². The van der Waals surface area contributed by atoms with Crippen molar-refractivity contribution in [3.63, 3.8) is 0 Å². The molecular formula is C30H30ClFN4O3. The van der Waals surface area contributed by atoms with E-state index >= 15 is 0 Å². The number of anilines is 1. The number of fused-ring (bicyclic) bond motifs is 3. The summed E-state index contributed by atoms with van der Waals surface area (Å²) in [4.78, 5) is 18.1. The number of carbonyl (C=O) groups is 1. The zero-order valence-electron chi connectivity index (χ0n) is 21.4. The number of nitrogens with zero attached hydrogens (tertiary/aromatic N) is 3. The highest BCUT2D eigenvalue weighted by Crippen LogP contribution is 2.38. The summed E-state index contributed by atoms with van der Waals surface area (Å²) in [5.41, 5.74) is 2.02. The second-order valence-corrected chi connectivity index (χ2v) is 10.3. The van der Waals surface area contributed by atoms with Crippen LogP contribution in [0.25, 0.3) is 11.5 Å². The van der Waals surface area contributed by atoms with Gasteiger partial charge in [0.25, 0.3) is 5.89 Å². The average molecular weight is 549 g/mol. The molecule has 3 aromatic carbocycles. The van der Waals surface area contributed by atoms with Crippen LogP contribution in [0.3, 0.4) is 0 Å². The number of ether oxygens (including phenoxy) is 1. The molecule has 0 unspecified atom stereocenters. The van der Waals surface area contributed by atoms with Crippen molar-refractivity contribution in [1.82, 2.24) is 10.1 Å². The molecule has 2 atom stereocenters. The molecule has 7 rings (SSSR count). The number of hydrogen-bond donors (Lipinski definition) is 1. The molecule has 0 spiro atoms. The fourth-order valence-electron chi connectivity index (χ4n) is 5.78. The van der Waals surface area contributed by atoms with Crippen LogP contribution < -0.4 is 17.7 Å². The van der Waals surface area contributed by atoms with Crippen LogP contribution in [0.5, 0.6) is 0 Å². The molecule has 4 heterocycles. The van der Waals surface area contributed by atoms with Crippen molar-refractivity contribution in [2.45, 2.75) is 31.5 Å². The standard InChI is InChI=1S/C30H30FN4O3.ClH/c31-25-14-8-7-13-24(25)29-33-27(34-38-29)20-35-17-15-21(16-18-35)26(19-35)37-30(36)28(22-9-3-1-4-10-22)32-23-11-5-2-6-12-23;/h1-14,21,26,28,32H,15-20H2;1H/q+1;/p-1/t21?,26-,28+,35?;/m0./s1. The minimum absolute atomic E-state index is 0. The second kappa shape index (κ2) is 11.6. The molecule has 3 aliphatic heterocycles. The monoisotopic (exact) mass is 548 g/mol. The Balaban J connectivity index is 0.00000308. The van der Waals surface area contributed by atoms with Gasteiger partial charge in [0.1, 0.15) is 18.9 Å². The summed E-state index contributed by atoms with van der Waals surface area (Å²) in [7, 11) is 0. The lowest BCUT2D eigenvalue weighted by molar-refractivity contribution is -0.958. The highest BCUT2D eigenvalue weighted by Gasteiger charge is 2.48. The van der Waals surface area contributed by atoms with E-state index in [0.29, 0.717) is 30.4 Å². The number of hydrogen-bond acceptors (Lipinski definition) is 6. The van der Waals surface area contributed by atoms with Gasteiger partial charge >= 0.3 is 5.97 Å². The van der Waals surface area contributed by atoms with Crippen LogP contribution in [0.15, 0.2) is 89.5 Å². The van der Waals surface area contributed by atoms with E-state index in [1.807, 2.05) is 60.7 Å². The number of piperidine rings is 3. The van der Waals surface area contributed by atoms with Gasteiger partial charge in [0.15, 0.2) is 12.1 Å². The van der Waals surface area contributed by atoms with Gasteiger partial charge in [-0.25, -0.2) is 9.18 Å². The van der Waals surface area contributed by atoms with E-state index in [1.165, 1.54) is 6.07 Å². The number of aromatic nitrogens is 2. The van der Waals surface area contributed by atoms with Crippen LogP contribution in [-0.2, 0) is 16.1 Å². The predicted octanol–water partition coefficient (Wildman–Crippen LogP) is 2.39. The maximum absolute atomic E-state index is 14.2. The number of rotatable bonds is 8. The summed E-state index contributed by atoms with van der Waals surface area (Å²) in [5.74, 6) is 0.396. The molecule has 202 valence electrons. The van der Waals surface area contributed by atoms with Gasteiger partial charge in [0.2, 0.25) is 5.82 Å². The van der Waals surface area contributed by atoms with Gasteiger partial charge in [-0.2, -0.15) is 4.98 Å². The lowest BCUT2D eigenvalue weighted by atomic mass is 9.83. The maximum atomic E-state index is 14.2.